The molecule has 0 radical (unpaired) electrons. The molecule has 2 rings (SSSR count). The Morgan fingerprint density at radius 1 is 1.37 bits per heavy atom. The molecule has 104 valence electrons. The maximum atomic E-state index is 11.6. The summed E-state index contributed by atoms with van der Waals surface area (Å²) in [6, 6.07) is 6.26. The van der Waals surface area contributed by atoms with Gasteiger partial charge in [0.15, 0.2) is 0 Å². The first-order chi connectivity index (χ1) is 9.22. The van der Waals surface area contributed by atoms with E-state index in [0.717, 1.165) is 31.9 Å². The molecule has 0 spiro atoms. The quantitative estimate of drug-likeness (QED) is 0.836. The van der Waals surface area contributed by atoms with Crippen molar-refractivity contribution in [3.63, 3.8) is 0 Å². The summed E-state index contributed by atoms with van der Waals surface area (Å²) >= 11 is 0. The molecule has 5 nitrogen and oxygen atoms in total. The Labute approximate surface area is 114 Å². The maximum Gasteiger partial charge on any atom is 0.409 e. The van der Waals surface area contributed by atoms with Crippen molar-refractivity contribution < 1.29 is 9.53 Å². The van der Waals surface area contributed by atoms with Crippen LogP contribution in [0.25, 0.3) is 0 Å². The lowest BCUT2D eigenvalue weighted by Crippen LogP contribution is -2.49. The molecule has 2 heterocycles. The zero-order valence-electron chi connectivity index (χ0n) is 11.6. The number of aromatic nitrogens is 1. The molecule has 1 aromatic heterocycles. The highest BCUT2D eigenvalue weighted by atomic mass is 16.6. The molecule has 19 heavy (non-hydrogen) atoms. The van der Waals surface area contributed by atoms with Crippen molar-refractivity contribution in [2.24, 2.45) is 0 Å². The number of piperazine rings is 1. The van der Waals surface area contributed by atoms with E-state index in [2.05, 4.69) is 16.8 Å². The number of nitrogens with zero attached hydrogens (tertiary/aromatic N) is 3. The smallest absolute Gasteiger partial charge is 0.409 e. The van der Waals surface area contributed by atoms with E-state index in [1.165, 1.54) is 0 Å². The largest absolute Gasteiger partial charge is 0.450 e. The van der Waals surface area contributed by atoms with E-state index in [9.17, 15) is 4.79 Å². The molecule has 1 fully saturated rings. The predicted molar refractivity (Wildman–Crippen MR) is 72.8 cm³/mol. The minimum atomic E-state index is -0.201. The van der Waals surface area contributed by atoms with E-state index in [1.807, 2.05) is 31.3 Å². The van der Waals surface area contributed by atoms with Crippen molar-refractivity contribution in [2.45, 2.75) is 19.9 Å². The average molecular weight is 263 g/mol. The number of amides is 1. The zero-order valence-corrected chi connectivity index (χ0v) is 11.6. The highest BCUT2D eigenvalue weighted by molar-refractivity contribution is 5.67. The fourth-order valence-corrected chi connectivity index (χ4v) is 2.32. The number of ether oxygens (including phenoxy) is 1. The summed E-state index contributed by atoms with van der Waals surface area (Å²) in [6.45, 7) is 7.57. The normalized spacial score (nSPS) is 18.1. The van der Waals surface area contributed by atoms with E-state index in [-0.39, 0.29) is 12.1 Å². The molecule has 0 aliphatic carbocycles. The van der Waals surface area contributed by atoms with Crippen molar-refractivity contribution >= 4 is 6.09 Å². The number of carbonyl (C=O) groups is 1. The molecule has 0 bridgehead atoms. The Morgan fingerprint density at radius 2 is 2.11 bits per heavy atom. The minimum Gasteiger partial charge on any atom is -0.450 e. The van der Waals surface area contributed by atoms with Crippen LogP contribution in [0.2, 0.25) is 0 Å². The van der Waals surface area contributed by atoms with Gasteiger partial charge in [-0.3, -0.25) is 9.88 Å². The zero-order chi connectivity index (χ0) is 13.7. The van der Waals surface area contributed by atoms with E-state index in [4.69, 9.17) is 4.74 Å². The average Bonchev–Trinajstić information content (AvgIpc) is 2.48. The molecule has 1 saturated heterocycles. The third kappa shape index (κ3) is 3.44. The van der Waals surface area contributed by atoms with Crippen molar-refractivity contribution in [2.75, 3.05) is 32.8 Å². The monoisotopic (exact) mass is 263 g/mol. The summed E-state index contributed by atoms with van der Waals surface area (Å²) in [5.74, 6) is 0. The molecule has 1 atom stereocenters. The van der Waals surface area contributed by atoms with Gasteiger partial charge in [0, 0.05) is 38.4 Å². The maximum absolute atomic E-state index is 11.6. The van der Waals surface area contributed by atoms with Gasteiger partial charge in [0.1, 0.15) is 0 Å². The molecule has 0 aromatic carbocycles. The van der Waals surface area contributed by atoms with Crippen molar-refractivity contribution in [3.8, 4) is 0 Å². The summed E-state index contributed by atoms with van der Waals surface area (Å²) in [7, 11) is 0. The van der Waals surface area contributed by atoms with Crippen LogP contribution in [0.5, 0.6) is 0 Å². The van der Waals surface area contributed by atoms with Gasteiger partial charge in [0.25, 0.3) is 0 Å². The molecule has 1 aliphatic heterocycles. The van der Waals surface area contributed by atoms with Gasteiger partial charge in [-0.05, 0) is 26.0 Å². The number of rotatable bonds is 3. The number of carbonyl (C=O) groups excluding carboxylic acids is 1. The van der Waals surface area contributed by atoms with Gasteiger partial charge in [0.05, 0.1) is 12.3 Å². The van der Waals surface area contributed by atoms with Crippen molar-refractivity contribution in [1.82, 2.24) is 14.8 Å². The van der Waals surface area contributed by atoms with Gasteiger partial charge in [-0.2, -0.15) is 0 Å². The summed E-state index contributed by atoms with van der Waals surface area (Å²) < 4.78 is 5.02. The van der Waals surface area contributed by atoms with Gasteiger partial charge in [0.2, 0.25) is 0 Å². The Kier molecular flexibility index (Phi) is 4.74. The highest BCUT2D eigenvalue weighted by Gasteiger charge is 2.25. The summed E-state index contributed by atoms with van der Waals surface area (Å²) in [5.41, 5.74) is 1.08. The SMILES string of the molecule is CCOC(=O)N1CCN([C@@H](C)c2ccccn2)CC1. The second-order valence-electron chi connectivity index (χ2n) is 4.65. The summed E-state index contributed by atoms with van der Waals surface area (Å²) in [4.78, 5) is 20.1. The topological polar surface area (TPSA) is 45.7 Å². The molecule has 1 aromatic rings. The number of pyridine rings is 1. The van der Waals surface area contributed by atoms with E-state index >= 15 is 0 Å². The molecule has 0 N–H and O–H groups in total. The van der Waals surface area contributed by atoms with Gasteiger partial charge in [-0.25, -0.2) is 4.79 Å². The van der Waals surface area contributed by atoms with Crippen LogP contribution in [-0.2, 0) is 4.74 Å². The van der Waals surface area contributed by atoms with Gasteiger partial charge in [-0.1, -0.05) is 6.07 Å². The van der Waals surface area contributed by atoms with Gasteiger partial charge < -0.3 is 9.64 Å². The molecule has 0 saturated carbocycles. The predicted octanol–water partition coefficient (Wildman–Crippen LogP) is 1.92. The molecular weight excluding hydrogens is 242 g/mol. The first kappa shape index (κ1) is 13.8. The second kappa shape index (κ2) is 6.52. The van der Waals surface area contributed by atoms with Crippen LogP contribution >= 0.6 is 0 Å². The molecule has 0 unspecified atom stereocenters. The minimum absolute atomic E-state index is 0.201. The van der Waals surface area contributed by atoms with Crippen LogP contribution in [0.4, 0.5) is 4.79 Å². The first-order valence-electron chi connectivity index (χ1n) is 6.79. The first-order valence-corrected chi connectivity index (χ1v) is 6.79. The third-order valence-corrected chi connectivity index (χ3v) is 3.50. The number of hydrogen-bond acceptors (Lipinski definition) is 4. The summed E-state index contributed by atoms with van der Waals surface area (Å²) in [6.07, 6.45) is 1.62. The van der Waals surface area contributed by atoms with Crippen molar-refractivity contribution in [1.29, 1.82) is 0 Å². The lowest BCUT2D eigenvalue weighted by Gasteiger charge is -2.37. The molecule has 1 aliphatic rings. The Morgan fingerprint density at radius 3 is 2.68 bits per heavy atom. The van der Waals surface area contributed by atoms with Crippen LogP contribution in [0, 0.1) is 0 Å². The van der Waals surface area contributed by atoms with Crippen molar-refractivity contribution in [3.05, 3.63) is 30.1 Å². The van der Waals surface area contributed by atoms with E-state index in [0.29, 0.717) is 6.61 Å². The van der Waals surface area contributed by atoms with Crippen LogP contribution in [0.3, 0.4) is 0 Å². The Balaban J connectivity index is 1.88. The van der Waals surface area contributed by atoms with Crippen LogP contribution < -0.4 is 0 Å². The van der Waals surface area contributed by atoms with Gasteiger partial charge >= 0.3 is 6.09 Å². The summed E-state index contributed by atoms with van der Waals surface area (Å²) in [5, 5.41) is 0. The third-order valence-electron chi connectivity index (χ3n) is 3.50. The Bertz CT molecular complexity index is 402. The van der Waals surface area contributed by atoms with Crippen LogP contribution in [-0.4, -0.2) is 53.7 Å². The standard InChI is InChI=1S/C14H21N3O2/c1-3-19-14(18)17-10-8-16(9-11-17)12(2)13-6-4-5-7-15-13/h4-7,12H,3,8-11H2,1-2H3/t12-/m0/s1. The van der Waals surface area contributed by atoms with Gasteiger partial charge in [-0.15, -0.1) is 0 Å². The molecular formula is C14H21N3O2. The molecule has 1 amide bonds. The van der Waals surface area contributed by atoms with Crippen LogP contribution in [0.1, 0.15) is 25.6 Å². The Hall–Kier alpha value is -1.62. The number of hydrogen-bond donors (Lipinski definition) is 0. The lowest BCUT2D eigenvalue weighted by molar-refractivity contribution is 0.0680. The fraction of sp³-hybridized carbons (Fsp3) is 0.571. The fourth-order valence-electron chi connectivity index (χ4n) is 2.32. The van der Waals surface area contributed by atoms with E-state index < -0.39 is 0 Å². The highest BCUT2D eigenvalue weighted by Crippen LogP contribution is 2.19. The second-order valence-corrected chi connectivity index (χ2v) is 4.65. The van der Waals surface area contributed by atoms with Crippen LogP contribution in [0.15, 0.2) is 24.4 Å². The lowest BCUT2D eigenvalue weighted by atomic mass is 10.1. The molecule has 5 heteroatoms. The van der Waals surface area contributed by atoms with E-state index in [1.54, 1.807) is 4.90 Å².